The highest BCUT2D eigenvalue weighted by Crippen LogP contribution is 2.26. The van der Waals surface area contributed by atoms with Gasteiger partial charge in [-0.3, -0.25) is 0 Å². The average molecular weight is 411 g/mol. The van der Waals surface area contributed by atoms with Crippen molar-refractivity contribution in [3.05, 3.63) is 92.7 Å². The second-order valence-electron chi connectivity index (χ2n) is 5.64. The van der Waals surface area contributed by atoms with E-state index in [9.17, 15) is 4.39 Å². The van der Waals surface area contributed by atoms with Crippen LogP contribution in [0.5, 0.6) is 5.75 Å². The van der Waals surface area contributed by atoms with Gasteiger partial charge in [-0.15, -0.1) is 0 Å². The van der Waals surface area contributed by atoms with Crippen LogP contribution < -0.4 is 10.1 Å². The van der Waals surface area contributed by atoms with Crippen LogP contribution in [0, 0.1) is 5.82 Å². The molecule has 0 amide bonds. The Bertz CT molecular complexity index is 897. The number of rotatable bonds is 6. The van der Waals surface area contributed by atoms with Gasteiger partial charge in [-0.2, -0.15) is 0 Å². The Kier molecular flexibility index (Phi) is 6.25. The number of anilines is 1. The van der Waals surface area contributed by atoms with E-state index < -0.39 is 0 Å². The number of hydrogen-bond acceptors (Lipinski definition) is 2. The molecule has 3 rings (SSSR count). The van der Waals surface area contributed by atoms with Gasteiger partial charge < -0.3 is 10.1 Å². The summed E-state index contributed by atoms with van der Waals surface area (Å²) in [5, 5.41) is 4.75. The van der Waals surface area contributed by atoms with Crippen LogP contribution in [0.2, 0.25) is 15.1 Å². The molecule has 6 heteroatoms. The van der Waals surface area contributed by atoms with Crippen LogP contribution in [0.3, 0.4) is 0 Å². The second kappa shape index (κ2) is 8.63. The second-order valence-corrected chi connectivity index (χ2v) is 6.92. The molecule has 3 aromatic carbocycles. The first-order chi connectivity index (χ1) is 12.5. The van der Waals surface area contributed by atoms with E-state index in [1.54, 1.807) is 24.3 Å². The maximum atomic E-state index is 13.1. The predicted octanol–water partition coefficient (Wildman–Crippen LogP) is 6.98. The first-order valence-corrected chi connectivity index (χ1v) is 8.99. The van der Waals surface area contributed by atoms with Crippen molar-refractivity contribution in [3.63, 3.8) is 0 Å². The van der Waals surface area contributed by atoms with Gasteiger partial charge in [0.15, 0.2) is 0 Å². The van der Waals surface area contributed by atoms with Crippen molar-refractivity contribution in [2.75, 3.05) is 5.32 Å². The van der Waals surface area contributed by atoms with E-state index in [0.717, 1.165) is 16.8 Å². The van der Waals surface area contributed by atoms with Crippen molar-refractivity contribution in [1.82, 2.24) is 0 Å². The van der Waals surface area contributed by atoms with Gasteiger partial charge in [0, 0.05) is 33.4 Å². The molecule has 0 heterocycles. The zero-order valence-electron chi connectivity index (χ0n) is 13.6. The number of ether oxygens (including phenoxy) is 1. The average Bonchev–Trinajstić information content (AvgIpc) is 2.59. The van der Waals surface area contributed by atoms with Crippen molar-refractivity contribution in [2.45, 2.75) is 13.2 Å². The van der Waals surface area contributed by atoms with E-state index in [0.29, 0.717) is 27.4 Å². The Morgan fingerprint density at radius 3 is 2.31 bits per heavy atom. The summed E-state index contributed by atoms with van der Waals surface area (Å²) in [6, 6.07) is 17.2. The number of benzene rings is 3. The Morgan fingerprint density at radius 2 is 1.58 bits per heavy atom. The molecule has 2 nitrogen and oxygen atoms in total. The van der Waals surface area contributed by atoms with Gasteiger partial charge in [-0.05, 0) is 36.4 Å². The quantitative estimate of drug-likeness (QED) is 0.473. The molecule has 0 spiro atoms. The summed E-state index contributed by atoms with van der Waals surface area (Å²) < 4.78 is 19.0. The van der Waals surface area contributed by atoms with E-state index >= 15 is 0 Å². The maximum Gasteiger partial charge on any atom is 0.124 e. The monoisotopic (exact) mass is 409 g/mol. The van der Waals surface area contributed by atoms with Crippen molar-refractivity contribution >= 4 is 40.5 Å². The predicted molar refractivity (Wildman–Crippen MR) is 106 cm³/mol. The first-order valence-electron chi connectivity index (χ1n) is 7.86. The molecular formula is C20H15Cl3FNO. The van der Waals surface area contributed by atoms with Crippen molar-refractivity contribution in [3.8, 4) is 5.75 Å². The summed E-state index contributed by atoms with van der Waals surface area (Å²) in [5.41, 5.74) is 2.50. The van der Waals surface area contributed by atoms with Crippen LogP contribution in [-0.2, 0) is 13.2 Å². The van der Waals surface area contributed by atoms with Gasteiger partial charge in [0.2, 0.25) is 0 Å². The Labute approximate surface area is 166 Å². The van der Waals surface area contributed by atoms with E-state index in [1.807, 2.05) is 24.3 Å². The number of hydrogen-bond donors (Lipinski definition) is 1. The molecule has 0 aliphatic carbocycles. The van der Waals surface area contributed by atoms with Crippen molar-refractivity contribution in [1.29, 1.82) is 0 Å². The first kappa shape index (κ1) is 18.8. The molecule has 0 aromatic heterocycles. The zero-order valence-corrected chi connectivity index (χ0v) is 15.9. The molecule has 0 bridgehead atoms. The van der Waals surface area contributed by atoms with E-state index in [4.69, 9.17) is 39.5 Å². The third-order valence-electron chi connectivity index (χ3n) is 3.72. The lowest BCUT2D eigenvalue weighted by molar-refractivity contribution is 0.303. The van der Waals surface area contributed by atoms with Crippen LogP contribution >= 0.6 is 34.8 Å². The molecule has 0 atom stereocenters. The van der Waals surface area contributed by atoms with Crippen molar-refractivity contribution < 1.29 is 9.13 Å². The van der Waals surface area contributed by atoms with E-state index in [-0.39, 0.29) is 12.4 Å². The minimum atomic E-state index is -0.372. The molecule has 1 N–H and O–H groups in total. The smallest absolute Gasteiger partial charge is 0.124 e. The van der Waals surface area contributed by atoms with Crippen LogP contribution in [0.1, 0.15) is 11.1 Å². The molecule has 0 aliphatic rings. The molecule has 3 aromatic rings. The maximum absolute atomic E-state index is 13.1. The Morgan fingerprint density at radius 1 is 0.846 bits per heavy atom. The van der Waals surface area contributed by atoms with Gasteiger partial charge >= 0.3 is 0 Å². The van der Waals surface area contributed by atoms with Gasteiger partial charge in [0.05, 0.1) is 5.02 Å². The fraction of sp³-hybridized carbons (Fsp3) is 0.100. The minimum absolute atomic E-state index is 0.249. The third kappa shape index (κ3) is 5.04. The SMILES string of the molecule is Fc1ccc(COc2ccccc2CNc2cc(Cl)cc(Cl)c2)c(Cl)c1. The molecule has 0 saturated heterocycles. The molecular weight excluding hydrogens is 396 g/mol. The minimum Gasteiger partial charge on any atom is -0.488 e. The lowest BCUT2D eigenvalue weighted by Gasteiger charge is -2.14. The summed E-state index contributed by atoms with van der Waals surface area (Å²) in [5.74, 6) is 0.344. The summed E-state index contributed by atoms with van der Waals surface area (Å²) in [6.07, 6.45) is 0. The van der Waals surface area contributed by atoms with Crippen LogP contribution in [-0.4, -0.2) is 0 Å². The topological polar surface area (TPSA) is 21.3 Å². The highest BCUT2D eigenvalue weighted by atomic mass is 35.5. The standard InChI is InChI=1S/C20H15Cl3FNO/c21-15-7-16(22)9-18(8-15)25-11-13-3-1-2-4-20(13)26-12-14-5-6-17(24)10-19(14)23/h1-10,25H,11-12H2. The molecule has 134 valence electrons. The summed E-state index contributed by atoms with van der Waals surface area (Å²) >= 11 is 18.1. The Hall–Kier alpha value is -1.94. The summed E-state index contributed by atoms with van der Waals surface area (Å²) in [6.45, 7) is 0.781. The largest absolute Gasteiger partial charge is 0.488 e. The molecule has 0 saturated carbocycles. The highest BCUT2D eigenvalue weighted by Gasteiger charge is 2.07. The van der Waals surface area contributed by atoms with Crippen LogP contribution in [0.15, 0.2) is 60.7 Å². The van der Waals surface area contributed by atoms with Crippen LogP contribution in [0.4, 0.5) is 10.1 Å². The van der Waals surface area contributed by atoms with Crippen LogP contribution in [0.25, 0.3) is 0 Å². The molecule has 0 aliphatic heterocycles. The molecule has 0 radical (unpaired) electrons. The fourth-order valence-corrected chi connectivity index (χ4v) is 3.19. The van der Waals surface area contributed by atoms with E-state index in [1.165, 1.54) is 12.1 Å². The van der Waals surface area contributed by atoms with E-state index in [2.05, 4.69) is 5.32 Å². The summed E-state index contributed by atoms with van der Waals surface area (Å²) in [4.78, 5) is 0. The number of nitrogens with one attached hydrogen (secondary N) is 1. The number of halogens is 4. The normalized spacial score (nSPS) is 10.6. The molecule has 26 heavy (non-hydrogen) atoms. The van der Waals surface area contributed by atoms with Crippen molar-refractivity contribution in [2.24, 2.45) is 0 Å². The Balaban J connectivity index is 1.69. The van der Waals surface area contributed by atoms with Gasteiger partial charge in [0.1, 0.15) is 18.2 Å². The molecule has 0 fully saturated rings. The summed E-state index contributed by atoms with van der Waals surface area (Å²) in [7, 11) is 0. The fourth-order valence-electron chi connectivity index (χ4n) is 2.44. The lowest BCUT2D eigenvalue weighted by Crippen LogP contribution is -2.04. The third-order valence-corrected chi connectivity index (χ3v) is 4.50. The highest BCUT2D eigenvalue weighted by molar-refractivity contribution is 6.35. The van der Waals surface area contributed by atoms with Gasteiger partial charge in [-0.1, -0.05) is 59.1 Å². The number of para-hydroxylation sites is 1. The zero-order chi connectivity index (χ0) is 18.5. The molecule has 0 unspecified atom stereocenters. The lowest BCUT2D eigenvalue weighted by atomic mass is 10.2. The van der Waals surface area contributed by atoms with Gasteiger partial charge in [0.25, 0.3) is 0 Å². The van der Waals surface area contributed by atoms with Gasteiger partial charge in [-0.25, -0.2) is 4.39 Å².